The summed E-state index contributed by atoms with van der Waals surface area (Å²) in [7, 11) is 0. The van der Waals surface area contributed by atoms with Crippen molar-refractivity contribution < 1.29 is 14.6 Å². The number of β-amino-alcohol motifs (C(OH)–C–C–N with tert-alkyl or cyclic N) is 1. The van der Waals surface area contributed by atoms with E-state index in [1.165, 1.54) is 0 Å². The quantitative estimate of drug-likeness (QED) is 0.877. The van der Waals surface area contributed by atoms with Crippen LogP contribution in [0.1, 0.15) is 11.3 Å². The van der Waals surface area contributed by atoms with E-state index in [1.54, 1.807) is 11.1 Å². The molecule has 1 saturated heterocycles. The Kier molecular flexibility index (Phi) is 5.56. The third kappa shape index (κ3) is 4.40. The topological polar surface area (TPSA) is 62.7 Å². The molecule has 1 aromatic carbocycles. The Labute approximate surface area is 141 Å². The van der Waals surface area contributed by atoms with Crippen molar-refractivity contribution in [1.29, 1.82) is 0 Å². The van der Waals surface area contributed by atoms with Gasteiger partial charge < -0.3 is 14.7 Å². The fourth-order valence-electron chi connectivity index (χ4n) is 2.97. The summed E-state index contributed by atoms with van der Waals surface area (Å²) in [6.07, 6.45) is 1.92. The molecule has 2 heterocycles. The van der Waals surface area contributed by atoms with E-state index in [4.69, 9.17) is 4.74 Å². The number of aromatic nitrogens is 1. The van der Waals surface area contributed by atoms with Crippen molar-refractivity contribution >= 4 is 5.91 Å². The molecule has 2 atom stereocenters. The van der Waals surface area contributed by atoms with Crippen LogP contribution in [0, 0.1) is 5.92 Å². The van der Waals surface area contributed by atoms with Gasteiger partial charge in [0.2, 0.25) is 5.91 Å². The number of aliphatic hydroxyl groups is 1. The number of hydrogen-bond donors (Lipinski definition) is 1. The van der Waals surface area contributed by atoms with Gasteiger partial charge in [0, 0.05) is 30.9 Å². The highest BCUT2D eigenvalue weighted by molar-refractivity contribution is 5.77. The summed E-state index contributed by atoms with van der Waals surface area (Å²) in [5.74, 6) is -0.0496. The zero-order valence-electron chi connectivity index (χ0n) is 13.5. The van der Waals surface area contributed by atoms with Gasteiger partial charge in [-0.1, -0.05) is 36.4 Å². The molecule has 0 saturated carbocycles. The monoisotopic (exact) mass is 326 g/mol. The van der Waals surface area contributed by atoms with Gasteiger partial charge in [-0.15, -0.1) is 0 Å². The van der Waals surface area contributed by atoms with E-state index in [-0.39, 0.29) is 18.4 Å². The van der Waals surface area contributed by atoms with E-state index < -0.39 is 6.10 Å². The molecular weight excluding hydrogens is 304 g/mol. The van der Waals surface area contributed by atoms with Gasteiger partial charge >= 0.3 is 0 Å². The summed E-state index contributed by atoms with van der Waals surface area (Å²) in [5, 5.41) is 10.2. The maximum atomic E-state index is 12.3. The Morgan fingerprint density at radius 3 is 2.71 bits per heavy atom. The molecule has 1 aliphatic rings. The highest BCUT2D eigenvalue weighted by Crippen LogP contribution is 2.21. The minimum Gasteiger partial charge on any atom is -0.391 e. The molecule has 1 fully saturated rings. The number of carbonyl (C=O) groups excluding carboxylic acids is 1. The summed E-state index contributed by atoms with van der Waals surface area (Å²) < 4.78 is 5.50. The van der Waals surface area contributed by atoms with E-state index >= 15 is 0 Å². The standard InChI is InChI=1S/C19H22N2O3/c22-18-12-21(11-16(18)10-17-8-4-5-9-20-17)19(23)14-24-13-15-6-2-1-3-7-15/h1-9,16,18,22H,10-14H2/t16-,18-/m1/s1. The van der Waals surface area contributed by atoms with Crippen molar-refractivity contribution in [3.05, 3.63) is 66.0 Å². The van der Waals surface area contributed by atoms with Crippen molar-refractivity contribution in [3.63, 3.8) is 0 Å². The van der Waals surface area contributed by atoms with Crippen LogP contribution < -0.4 is 0 Å². The Bertz CT molecular complexity index is 648. The zero-order valence-corrected chi connectivity index (χ0v) is 13.5. The molecule has 1 amide bonds. The SMILES string of the molecule is O=C(COCc1ccccc1)N1C[C@@H](Cc2ccccn2)[C@H](O)C1. The molecule has 1 N–H and O–H groups in total. The first kappa shape index (κ1) is 16.6. The van der Waals surface area contributed by atoms with Gasteiger partial charge in [0.15, 0.2) is 0 Å². The predicted molar refractivity (Wildman–Crippen MR) is 90.1 cm³/mol. The number of amides is 1. The molecule has 0 aliphatic carbocycles. The predicted octanol–water partition coefficient (Wildman–Crippen LogP) is 1.66. The molecule has 5 nitrogen and oxygen atoms in total. The van der Waals surface area contributed by atoms with Crippen LogP contribution >= 0.6 is 0 Å². The number of aliphatic hydroxyl groups excluding tert-OH is 1. The number of hydrogen-bond acceptors (Lipinski definition) is 4. The van der Waals surface area contributed by atoms with Crippen molar-refractivity contribution in [3.8, 4) is 0 Å². The highest BCUT2D eigenvalue weighted by Gasteiger charge is 2.34. The van der Waals surface area contributed by atoms with E-state index in [0.29, 0.717) is 26.1 Å². The number of rotatable bonds is 6. The molecule has 1 aromatic heterocycles. The smallest absolute Gasteiger partial charge is 0.248 e. The lowest BCUT2D eigenvalue weighted by molar-refractivity contribution is -0.135. The van der Waals surface area contributed by atoms with Crippen LogP contribution in [0.5, 0.6) is 0 Å². The van der Waals surface area contributed by atoms with Crippen molar-refractivity contribution in [2.24, 2.45) is 5.92 Å². The van der Waals surface area contributed by atoms with Crippen LogP contribution in [0.2, 0.25) is 0 Å². The van der Waals surface area contributed by atoms with E-state index in [2.05, 4.69) is 4.98 Å². The maximum Gasteiger partial charge on any atom is 0.248 e. The number of likely N-dealkylation sites (tertiary alicyclic amines) is 1. The van der Waals surface area contributed by atoms with Gasteiger partial charge in [0.05, 0.1) is 12.7 Å². The highest BCUT2D eigenvalue weighted by atomic mass is 16.5. The molecule has 2 aromatic rings. The fraction of sp³-hybridized carbons (Fsp3) is 0.368. The van der Waals surface area contributed by atoms with Gasteiger partial charge in [-0.25, -0.2) is 0 Å². The first-order valence-electron chi connectivity index (χ1n) is 8.20. The second-order valence-electron chi connectivity index (χ2n) is 6.13. The normalized spacial score (nSPS) is 20.3. The Balaban J connectivity index is 1.46. The van der Waals surface area contributed by atoms with Gasteiger partial charge in [-0.2, -0.15) is 0 Å². The first-order valence-corrected chi connectivity index (χ1v) is 8.20. The van der Waals surface area contributed by atoms with Crippen molar-refractivity contribution in [1.82, 2.24) is 9.88 Å². The van der Waals surface area contributed by atoms with Crippen molar-refractivity contribution in [2.75, 3.05) is 19.7 Å². The Morgan fingerprint density at radius 1 is 1.17 bits per heavy atom. The zero-order chi connectivity index (χ0) is 16.8. The van der Waals surface area contributed by atoms with Gasteiger partial charge in [0.1, 0.15) is 6.61 Å². The van der Waals surface area contributed by atoms with E-state index in [9.17, 15) is 9.90 Å². The average Bonchev–Trinajstić information content (AvgIpc) is 2.97. The van der Waals surface area contributed by atoms with Gasteiger partial charge in [-0.05, 0) is 24.1 Å². The summed E-state index contributed by atoms with van der Waals surface area (Å²) in [6, 6.07) is 15.5. The van der Waals surface area contributed by atoms with Crippen LogP contribution in [0.4, 0.5) is 0 Å². The lowest BCUT2D eigenvalue weighted by Crippen LogP contribution is -2.32. The lowest BCUT2D eigenvalue weighted by Gasteiger charge is -2.16. The Hall–Kier alpha value is -2.24. The first-order chi connectivity index (χ1) is 11.7. The third-order valence-corrected chi connectivity index (χ3v) is 4.29. The minimum absolute atomic E-state index is 0.0259. The van der Waals surface area contributed by atoms with Gasteiger partial charge in [-0.3, -0.25) is 9.78 Å². The second kappa shape index (κ2) is 8.04. The van der Waals surface area contributed by atoms with Crippen LogP contribution in [0.25, 0.3) is 0 Å². The summed E-state index contributed by atoms with van der Waals surface area (Å²) in [6.45, 7) is 1.37. The molecular formula is C19H22N2O3. The van der Waals surface area contributed by atoms with E-state index in [0.717, 1.165) is 11.3 Å². The number of nitrogens with zero attached hydrogens (tertiary/aromatic N) is 2. The Morgan fingerprint density at radius 2 is 1.96 bits per heavy atom. The largest absolute Gasteiger partial charge is 0.391 e. The summed E-state index contributed by atoms with van der Waals surface area (Å²) >= 11 is 0. The van der Waals surface area contributed by atoms with E-state index in [1.807, 2.05) is 48.5 Å². The third-order valence-electron chi connectivity index (χ3n) is 4.29. The van der Waals surface area contributed by atoms with Crippen LogP contribution in [-0.4, -0.2) is 46.7 Å². The molecule has 0 radical (unpaired) electrons. The second-order valence-corrected chi connectivity index (χ2v) is 6.13. The van der Waals surface area contributed by atoms with Gasteiger partial charge in [0.25, 0.3) is 0 Å². The molecule has 24 heavy (non-hydrogen) atoms. The molecule has 0 spiro atoms. The lowest BCUT2D eigenvalue weighted by atomic mass is 10.00. The number of pyridine rings is 1. The van der Waals surface area contributed by atoms with Crippen LogP contribution in [0.3, 0.4) is 0 Å². The molecule has 3 rings (SSSR count). The summed E-state index contributed by atoms with van der Waals surface area (Å²) in [4.78, 5) is 18.2. The fourth-order valence-corrected chi connectivity index (χ4v) is 2.97. The van der Waals surface area contributed by atoms with Crippen LogP contribution in [-0.2, 0) is 22.6 Å². The molecule has 0 unspecified atom stereocenters. The minimum atomic E-state index is -0.509. The molecule has 1 aliphatic heterocycles. The molecule has 0 bridgehead atoms. The molecule has 126 valence electrons. The van der Waals surface area contributed by atoms with Crippen LogP contribution in [0.15, 0.2) is 54.7 Å². The number of carbonyl (C=O) groups is 1. The molecule has 5 heteroatoms. The number of benzene rings is 1. The maximum absolute atomic E-state index is 12.3. The number of ether oxygens (including phenoxy) is 1. The summed E-state index contributed by atoms with van der Waals surface area (Å²) in [5.41, 5.74) is 1.98. The van der Waals surface area contributed by atoms with Crippen molar-refractivity contribution in [2.45, 2.75) is 19.1 Å². The average molecular weight is 326 g/mol.